The Morgan fingerprint density at radius 1 is 0.778 bits per heavy atom. The maximum Gasteiger partial charge on any atom is 0.237 e. The minimum Gasteiger partial charge on any atom is -0.388 e. The molecule has 2 aliphatic heterocycles. The highest BCUT2D eigenvalue weighted by Gasteiger charge is 2.43. The van der Waals surface area contributed by atoms with Gasteiger partial charge in [0.15, 0.2) is 12.6 Å². The zero-order chi connectivity index (χ0) is 27.0. The summed E-state index contributed by atoms with van der Waals surface area (Å²) in [5.41, 5.74) is 5.80. The van der Waals surface area contributed by atoms with Crippen LogP contribution in [0, 0.1) is 0 Å². The molecule has 10 N–H and O–H groups in total. The van der Waals surface area contributed by atoms with Crippen molar-refractivity contribution in [3.63, 3.8) is 0 Å². The minimum absolute atomic E-state index is 0.0241. The van der Waals surface area contributed by atoms with E-state index in [0.29, 0.717) is 0 Å². The number of amides is 2. The summed E-state index contributed by atoms with van der Waals surface area (Å²) in [5.74, 6) is -0.889. The predicted octanol–water partition coefficient (Wildman–Crippen LogP) is -4.99. The Morgan fingerprint density at radius 3 is 1.69 bits per heavy atom. The average molecular weight is 526 g/mol. The van der Waals surface area contributed by atoms with E-state index in [1.807, 2.05) is 0 Å². The zero-order valence-electron chi connectivity index (χ0n) is 20.3. The van der Waals surface area contributed by atoms with Crippen LogP contribution in [0.15, 0.2) is 0 Å². The zero-order valence-corrected chi connectivity index (χ0v) is 20.3. The molecule has 2 rings (SSSR count). The normalized spacial score (nSPS) is 37.8. The summed E-state index contributed by atoms with van der Waals surface area (Å²) in [6, 6.07) is -0.958. The summed E-state index contributed by atoms with van der Waals surface area (Å²) in [6.45, 7) is 3.09. The van der Waals surface area contributed by atoms with Gasteiger partial charge in [0.2, 0.25) is 11.8 Å². The van der Waals surface area contributed by atoms with E-state index in [4.69, 9.17) is 24.7 Å². The molecule has 15 nitrogen and oxygen atoms in total. The van der Waals surface area contributed by atoms with Gasteiger partial charge in [-0.2, -0.15) is 0 Å². The first-order chi connectivity index (χ1) is 16.9. The summed E-state index contributed by atoms with van der Waals surface area (Å²) < 4.78 is 21.2. The standard InChI is InChI=1S/C21H39N3O12/c1-9-13(26)15(28)17(30)20(35-9)33-7-5-23-12(25)4-3-11(22)19(32)24-6-8-34-21-18(31)16(29)14(27)10(2)36-21/h9-11,13-18,20-21,26-31H,3-8,22H2,1-2H3,(H,23,25)(H,24,32)/t9-,10-,11-,13+,14+,15+,16+,17-,18-,20+,21+/m0/s1. The number of carbonyl (C=O) groups is 2. The van der Waals surface area contributed by atoms with E-state index >= 15 is 0 Å². The molecule has 36 heavy (non-hydrogen) atoms. The second kappa shape index (κ2) is 14.4. The predicted molar refractivity (Wildman–Crippen MR) is 120 cm³/mol. The van der Waals surface area contributed by atoms with Crippen LogP contribution in [0.1, 0.15) is 26.7 Å². The van der Waals surface area contributed by atoms with E-state index in [1.54, 1.807) is 0 Å². The molecule has 0 saturated carbocycles. The van der Waals surface area contributed by atoms with Gasteiger partial charge in [0.1, 0.15) is 36.6 Å². The highest BCUT2D eigenvalue weighted by Crippen LogP contribution is 2.22. The first kappa shape index (κ1) is 30.7. The largest absolute Gasteiger partial charge is 0.388 e. The lowest BCUT2D eigenvalue weighted by Gasteiger charge is -2.38. The Bertz CT molecular complexity index is 703. The first-order valence-electron chi connectivity index (χ1n) is 11.9. The van der Waals surface area contributed by atoms with E-state index in [-0.39, 0.29) is 45.1 Å². The number of hydrogen-bond donors (Lipinski definition) is 9. The van der Waals surface area contributed by atoms with Gasteiger partial charge in [-0.05, 0) is 20.3 Å². The summed E-state index contributed by atoms with van der Waals surface area (Å²) >= 11 is 0. The molecule has 2 saturated heterocycles. The lowest BCUT2D eigenvalue weighted by Crippen LogP contribution is -2.57. The van der Waals surface area contributed by atoms with Gasteiger partial charge in [-0.25, -0.2) is 0 Å². The van der Waals surface area contributed by atoms with Gasteiger partial charge in [-0.15, -0.1) is 0 Å². The first-order valence-corrected chi connectivity index (χ1v) is 11.9. The molecule has 2 heterocycles. The van der Waals surface area contributed by atoms with Gasteiger partial charge in [0, 0.05) is 19.5 Å². The van der Waals surface area contributed by atoms with Gasteiger partial charge in [-0.1, -0.05) is 0 Å². The van der Waals surface area contributed by atoms with Gasteiger partial charge in [-0.3, -0.25) is 9.59 Å². The van der Waals surface area contributed by atoms with Gasteiger partial charge in [0.05, 0.1) is 31.5 Å². The number of hydrogen-bond acceptors (Lipinski definition) is 13. The third-order valence-electron chi connectivity index (χ3n) is 6.03. The molecule has 0 spiro atoms. The number of nitrogens with one attached hydrogen (secondary N) is 2. The van der Waals surface area contributed by atoms with Crippen molar-refractivity contribution in [2.45, 2.75) is 94.1 Å². The maximum atomic E-state index is 12.1. The third-order valence-corrected chi connectivity index (χ3v) is 6.03. The van der Waals surface area contributed by atoms with E-state index in [0.717, 1.165) is 0 Å². The van der Waals surface area contributed by atoms with Crippen LogP contribution in [0.4, 0.5) is 0 Å². The van der Waals surface area contributed by atoms with Gasteiger partial charge >= 0.3 is 0 Å². The van der Waals surface area contributed by atoms with Crippen LogP contribution in [-0.4, -0.2) is 136 Å². The Hall–Kier alpha value is -1.50. The van der Waals surface area contributed by atoms with Crippen molar-refractivity contribution in [3.8, 4) is 0 Å². The Labute approximate surface area is 208 Å². The molecule has 0 radical (unpaired) electrons. The lowest BCUT2D eigenvalue weighted by atomic mass is 10.0. The second-order valence-corrected chi connectivity index (χ2v) is 8.89. The Balaban J connectivity index is 1.56. The van der Waals surface area contributed by atoms with Crippen molar-refractivity contribution in [1.29, 1.82) is 0 Å². The molecule has 0 bridgehead atoms. The number of aliphatic hydroxyl groups is 6. The highest BCUT2D eigenvalue weighted by atomic mass is 16.7. The van der Waals surface area contributed by atoms with Gasteiger partial charge < -0.3 is 66.0 Å². The van der Waals surface area contributed by atoms with E-state index < -0.39 is 73.4 Å². The van der Waals surface area contributed by atoms with Crippen molar-refractivity contribution < 1.29 is 59.2 Å². The molecule has 0 aromatic rings. The molecular weight excluding hydrogens is 486 g/mol. The number of aliphatic hydroxyl groups excluding tert-OH is 6. The van der Waals surface area contributed by atoms with Crippen molar-refractivity contribution in [2.75, 3.05) is 26.3 Å². The van der Waals surface area contributed by atoms with Gasteiger partial charge in [0.25, 0.3) is 0 Å². The van der Waals surface area contributed by atoms with Crippen LogP contribution in [-0.2, 0) is 28.5 Å². The molecule has 0 aliphatic carbocycles. The van der Waals surface area contributed by atoms with Crippen LogP contribution in [0.25, 0.3) is 0 Å². The van der Waals surface area contributed by atoms with E-state index in [1.165, 1.54) is 13.8 Å². The van der Waals surface area contributed by atoms with Crippen LogP contribution >= 0.6 is 0 Å². The third kappa shape index (κ3) is 8.53. The molecule has 210 valence electrons. The monoisotopic (exact) mass is 525 g/mol. The quantitative estimate of drug-likeness (QED) is 0.109. The van der Waals surface area contributed by atoms with E-state index in [2.05, 4.69) is 10.6 Å². The Morgan fingerprint density at radius 2 is 1.22 bits per heavy atom. The number of ether oxygens (including phenoxy) is 4. The fourth-order valence-electron chi connectivity index (χ4n) is 3.65. The molecular formula is C21H39N3O12. The van der Waals surface area contributed by atoms with Crippen LogP contribution in [0.3, 0.4) is 0 Å². The minimum atomic E-state index is -1.44. The molecule has 0 aromatic carbocycles. The molecule has 0 unspecified atom stereocenters. The van der Waals surface area contributed by atoms with Crippen molar-refractivity contribution in [3.05, 3.63) is 0 Å². The smallest absolute Gasteiger partial charge is 0.237 e. The van der Waals surface area contributed by atoms with Crippen LogP contribution in [0.2, 0.25) is 0 Å². The summed E-state index contributed by atoms with van der Waals surface area (Å²) in [7, 11) is 0. The molecule has 0 aromatic heterocycles. The molecule has 11 atom stereocenters. The molecule has 2 aliphatic rings. The summed E-state index contributed by atoms with van der Waals surface area (Å²) in [4.78, 5) is 24.1. The fraction of sp³-hybridized carbons (Fsp3) is 0.905. The summed E-state index contributed by atoms with van der Waals surface area (Å²) in [6.07, 6.45) is -11.9. The average Bonchev–Trinajstić information content (AvgIpc) is 2.85. The highest BCUT2D eigenvalue weighted by molar-refractivity contribution is 5.82. The number of rotatable bonds is 12. The van der Waals surface area contributed by atoms with Crippen LogP contribution in [0.5, 0.6) is 0 Å². The van der Waals surface area contributed by atoms with E-state index in [9.17, 15) is 40.2 Å². The Kier molecular flexibility index (Phi) is 12.3. The van der Waals surface area contributed by atoms with Crippen molar-refractivity contribution in [2.24, 2.45) is 5.73 Å². The summed E-state index contributed by atoms with van der Waals surface area (Å²) in [5, 5.41) is 63.7. The SMILES string of the molecule is C[C@@H]1O[C@@H](OCCNC(=O)CC[C@H](N)C(=O)NCCO[C@@H]2O[C@@H](C)[C@@H](O)[C@@H](O)[C@@H]2O)[C@@H](O)[C@H](O)[C@@H]1O. The lowest BCUT2D eigenvalue weighted by molar-refractivity contribution is -0.292. The van der Waals surface area contributed by atoms with Crippen molar-refractivity contribution >= 4 is 11.8 Å². The molecule has 15 heteroatoms. The topological polar surface area (TPSA) is 243 Å². The second-order valence-electron chi connectivity index (χ2n) is 8.89. The molecule has 2 fully saturated rings. The number of carbonyl (C=O) groups excluding carboxylic acids is 2. The fourth-order valence-corrected chi connectivity index (χ4v) is 3.65. The maximum absolute atomic E-state index is 12.1. The number of nitrogens with two attached hydrogens (primary N) is 1. The molecule has 2 amide bonds. The van der Waals surface area contributed by atoms with Crippen molar-refractivity contribution in [1.82, 2.24) is 10.6 Å². The van der Waals surface area contributed by atoms with Crippen LogP contribution < -0.4 is 16.4 Å².